The van der Waals surface area contributed by atoms with E-state index in [0.29, 0.717) is 9.39 Å². The Hall–Kier alpha value is -0.384. The van der Waals surface area contributed by atoms with Gasteiger partial charge in [0.2, 0.25) is 5.95 Å². The molecule has 9 nitrogen and oxygen atoms in total. The Balaban J connectivity index is 0.00000288. The molecule has 0 saturated carbocycles. The molecule has 0 bridgehead atoms. The van der Waals surface area contributed by atoms with Crippen LogP contribution in [0.15, 0.2) is 29.2 Å². The smallest absolute Gasteiger partial charge is 1.00 e. The average molecular weight is 489 g/mol. The van der Waals surface area contributed by atoms with E-state index in [1.165, 1.54) is 13.2 Å². The summed E-state index contributed by atoms with van der Waals surface area (Å²) in [4.78, 5) is 23.4. The molecule has 1 aromatic carbocycles. The van der Waals surface area contributed by atoms with E-state index in [0.717, 1.165) is 0 Å². The number of urea groups is 1. The van der Waals surface area contributed by atoms with Crippen molar-refractivity contribution in [3.63, 3.8) is 0 Å². The molecule has 124 valence electrons. The first-order valence-electron chi connectivity index (χ1n) is 6.17. The molecular weight excluding hydrogens is 476 g/mol. The van der Waals surface area contributed by atoms with Gasteiger partial charge in [-0.15, -0.1) is 0 Å². The molecule has 2 amide bonds. The average Bonchev–Trinajstić information content (AvgIpc) is 2.46. The fourth-order valence-electron chi connectivity index (χ4n) is 1.57. The monoisotopic (exact) mass is 489 g/mol. The molecular formula is C12H13IKN5O4S. The second-order valence-electron chi connectivity index (χ2n) is 4.18. The first-order chi connectivity index (χ1) is 10.8. The maximum atomic E-state index is 12.2. The number of carbonyl (C=O) groups excluding carboxylic acids is 1. The standard InChI is InChI=1S/C12H12IN5O4S.K.H/c1-7-14-10(17-12(15-7)22-2)16-11(19)18-23(20,21)9-6-4-3-5-8(9)13;;/h3-6H,1-2H3,(H2,14,15,16,17,18,19);;/q;+1;-1. The Labute approximate surface area is 196 Å². The molecule has 24 heavy (non-hydrogen) atoms. The van der Waals surface area contributed by atoms with Gasteiger partial charge in [0.25, 0.3) is 10.0 Å². The second kappa shape index (κ2) is 9.35. The quantitative estimate of drug-likeness (QED) is 0.393. The van der Waals surface area contributed by atoms with Crippen molar-refractivity contribution >= 4 is 44.6 Å². The number of aromatic nitrogens is 3. The summed E-state index contributed by atoms with van der Waals surface area (Å²) in [6.45, 7) is 1.58. The van der Waals surface area contributed by atoms with Crippen LogP contribution in [-0.4, -0.2) is 36.5 Å². The third-order valence-corrected chi connectivity index (χ3v) is 5.18. The number of hydrogen-bond donors (Lipinski definition) is 2. The zero-order chi connectivity index (χ0) is 17.0. The van der Waals surface area contributed by atoms with Crippen molar-refractivity contribution in [2.75, 3.05) is 12.4 Å². The second-order valence-corrected chi connectivity index (χ2v) is 7.00. The topological polar surface area (TPSA) is 123 Å². The first-order valence-corrected chi connectivity index (χ1v) is 8.73. The number of halogens is 1. The van der Waals surface area contributed by atoms with Gasteiger partial charge in [-0.3, -0.25) is 5.32 Å². The molecule has 0 fully saturated rings. The number of hydrogen-bond acceptors (Lipinski definition) is 7. The van der Waals surface area contributed by atoms with Crippen LogP contribution < -0.4 is 66.2 Å². The van der Waals surface area contributed by atoms with Crippen molar-refractivity contribution < 1.29 is 70.8 Å². The van der Waals surface area contributed by atoms with Gasteiger partial charge in [0.1, 0.15) is 10.7 Å². The van der Waals surface area contributed by atoms with E-state index in [4.69, 9.17) is 4.74 Å². The predicted octanol–water partition coefficient (Wildman–Crippen LogP) is -1.58. The minimum atomic E-state index is -4.01. The third-order valence-electron chi connectivity index (χ3n) is 2.49. The molecule has 2 N–H and O–H groups in total. The summed E-state index contributed by atoms with van der Waals surface area (Å²) >= 11 is 1.87. The molecule has 0 atom stereocenters. The maximum Gasteiger partial charge on any atom is 1.00 e. The zero-order valence-electron chi connectivity index (χ0n) is 14.1. The third kappa shape index (κ3) is 5.85. The fraction of sp³-hybridized carbons (Fsp3) is 0.167. The number of amides is 2. The predicted molar refractivity (Wildman–Crippen MR) is 90.7 cm³/mol. The van der Waals surface area contributed by atoms with Crippen molar-refractivity contribution in [3.8, 4) is 6.01 Å². The van der Waals surface area contributed by atoms with Gasteiger partial charge in [-0.1, -0.05) is 12.1 Å². The number of ether oxygens (including phenoxy) is 1. The Morgan fingerprint density at radius 3 is 2.54 bits per heavy atom. The first kappa shape index (κ1) is 21.7. The summed E-state index contributed by atoms with van der Waals surface area (Å²) in [5, 5.41) is 2.23. The Bertz CT molecular complexity index is 855. The molecule has 2 aromatic rings. The summed E-state index contributed by atoms with van der Waals surface area (Å²) < 4.78 is 31.6. The van der Waals surface area contributed by atoms with Gasteiger partial charge in [-0.05, 0) is 41.6 Å². The summed E-state index contributed by atoms with van der Waals surface area (Å²) in [5.41, 5.74) is 0. The normalized spacial score (nSPS) is 10.5. The van der Waals surface area contributed by atoms with Crippen molar-refractivity contribution in [3.05, 3.63) is 33.7 Å². The molecule has 0 spiro atoms. The minimum Gasteiger partial charge on any atom is -1.00 e. The largest absolute Gasteiger partial charge is 1.00 e. The summed E-state index contributed by atoms with van der Waals surface area (Å²) in [6.07, 6.45) is 0. The van der Waals surface area contributed by atoms with E-state index >= 15 is 0 Å². The summed E-state index contributed by atoms with van der Waals surface area (Å²) in [5.74, 6) is 0.192. The van der Waals surface area contributed by atoms with Crippen LogP contribution in [0.25, 0.3) is 0 Å². The molecule has 1 heterocycles. The molecule has 2 rings (SSSR count). The van der Waals surface area contributed by atoms with Crippen LogP contribution in [0.4, 0.5) is 10.7 Å². The number of aryl methyl sites for hydroxylation is 1. The van der Waals surface area contributed by atoms with E-state index in [2.05, 4.69) is 20.3 Å². The van der Waals surface area contributed by atoms with Crippen molar-refractivity contribution in [1.29, 1.82) is 0 Å². The number of methoxy groups -OCH3 is 1. The number of benzene rings is 1. The number of rotatable bonds is 4. The Morgan fingerprint density at radius 1 is 1.25 bits per heavy atom. The van der Waals surface area contributed by atoms with E-state index in [1.807, 2.05) is 27.3 Å². The van der Waals surface area contributed by atoms with Crippen LogP contribution in [0, 0.1) is 10.5 Å². The summed E-state index contributed by atoms with van der Waals surface area (Å²) in [6, 6.07) is 5.29. The van der Waals surface area contributed by atoms with Crippen molar-refractivity contribution in [2.24, 2.45) is 0 Å². The number of sulfonamides is 1. The molecule has 0 saturated heterocycles. The van der Waals surface area contributed by atoms with E-state index in [1.54, 1.807) is 25.1 Å². The molecule has 0 unspecified atom stereocenters. The zero-order valence-corrected chi connectivity index (χ0v) is 19.2. The van der Waals surface area contributed by atoms with Gasteiger partial charge in [0.05, 0.1) is 7.11 Å². The van der Waals surface area contributed by atoms with Crippen LogP contribution in [0.5, 0.6) is 6.01 Å². The number of nitrogens with zero attached hydrogens (tertiary/aromatic N) is 3. The van der Waals surface area contributed by atoms with Crippen molar-refractivity contribution in [1.82, 2.24) is 19.7 Å². The Morgan fingerprint density at radius 2 is 1.92 bits per heavy atom. The molecule has 0 radical (unpaired) electrons. The molecule has 1 aromatic heterocycles. The van der Waals surface area contributed by atoms with Crippen molar-refractivity contribution in [2.45, 2.75) is 11.8 Å². The minimum absolute atomic E-state index is 0. The van der Waals surface area contributed by atoms with E-state index in [-0.39, 0.29) is 69.7 Å². The summed E-state index contributed by atoms with van der Waals surface area (Å²) in [7, 11) is -2.65. The van der Waals surface area contributed by atoms with Crippen LogP contribution in [0.1, 0.15) is 7.25 Å². The van der Waals surface area contributed by atoms with Crippen LogP contribution in [0.2, 0.25) is 0 Å². The van der Waals surface area contributed by atoms with Gasteiger partial charge in [0.15, 0.2) is 0 Å². The molecule has 0 aliphatic carbocycles. The van der Waals surface area contributed by atoms with Crippen LogP contribution in [-0.2, 0) is 10.0 Å². The van der Waals surface area contributed by atoms with E-state index in [9.17, 15) is 13.2 Å². The SMILES string of the molecule is COc1nc(C)nc(NC(=O)NS(=O)(=O)c2ccccc2I)n1.[H-].[K+]. The van der Waals surface area contributed by atoms with Gasteiger partial charge in [0, 0.05) is 3.57 Å². The number of nitrogens with one attached hydrogen (secondary N) is 2. The van der Waals surface area contributed by atoms with Gasteiger partial charge >= 0.3 is 63.4 Å². The van der Waals surface area contributed by atoms with Gasteiger partial charge < -0.3 is 6.16 Å². The molecule has 12 heteroatoms. The number of carbonyl (C=O) groups is 1. The number of anilines is 1. The Kier molecular flexibility index (Phi) is 8.44. The van der Waals surface area contributed by atoms with Crippen LogP contribution in [0.3, 0.4) is 0 Å². The molecule has 0 aliphatic heterocycles. The van der Waals surface area contributed by atoms with Gasteiger partial charge in [-0.2, -0.15) is 15.0 Å². The fourth-order valence-corrected chi connectivity index (χ4v) is 3.82. The maximum absolute atomic E-state index is 12.2. The van der Waals surface area contributed by atoms with E-state index < -0.39 is 16.1 Å². The molecule has 0 aliphatic rings. The van der Waals surface area contributed by atoms with Crippen LogP contribution >= 0.6 is 22.6 Å². The van der Waals surface area contributed by atoms with Gasteiger partial charge in [-0.25, -0.2) is 17.9 Å².